The van der Waals surface area contributed by atoms with Gasteiger partial charge in [-0.15, -0.1) is 0 Å². The second kappa shape index (κ2) is 4.01. The van der Waals surface area contributed by atoms with Crippen molar-refractivity contribution in [2.45, 2.75) is 0 Å². The summed E-state index contributed by atoms with van der Waals surface area (Å²) in [6.45, 7) is 0. The molecule has 0 fully saturated rings. The monoisotopic (exact) mass is 304 g/mol. The predicted molar refractivity (Wildman–Crippen MR) is 99.9 cm³/mol. The number of fused-ring (bicyclic) bond motifs is 2. The SMILES string of the molecule is O=C1c2cccc3ccc4ccc5cc6ccccc6c1c5c4c23. The van der Waals surface area contributed by atoms with Crippen LogP contribution < -0.4 is 0 Å². The maximum Gasteiger partial charge on any atom is 0.194 e. The maximum absolute atomic E-state index is 13.4. The molecule has 1 heteroatoms. The zero-order chi connectivity index (χ0) is 15.8. The first kappa shape index (κ1) is 12.3. The third kappa shape index (κ3) is 1.30. The van der Waals surface area contributed by atoms with Crippen LogP contribution in [0.1, 0.15) is 15.9 Å². The van der Waals surface area contributed by atoms with Gasteiger partial charge in [-0.3, -0.25) is 4.79 Å². The first-order valence-corrected chi connectivity index (χ1v) is 8.17. The van der Waals surface area contributed by atoms with Gasteiger partial charge in [0, 0.05) is 21.9 Å². The first-order valence-electron chi connectivity index (χ1n) is 8.17. The molecule has 5 aromatic carbocycles. The van der Waals surface area contributed by atoms with Crippen LogP contribution in [-0.4, -0.2) is 5.78 Å². The van der Waals surface area contributed by atoms with Gasteiger partial charge in [-0.1, -0.05) is 66.7 Å². The Balaban J connectivity index is 2.08. The third-order valence-electron chi connectivity index (χ3n) is 5.32. The Morgan fingerprint density at radius 2 is 1.25 bits per heavy atom. The Morgan fingerprint density at radius 1 is 0.542 bits per heavy atom. The average molecular weight is 304 g/mol. The quantitative estimate of drug-likeness (QED) is 0.254. The number of carbonyl (C=O) groups excluding carboxylic acids is 1. The molecule has 1 aliphatic carbocycles. The Labute approximate surface area is 138 Å². The summed E-state index contributed by atoms with van der Waals surface area (Å²) in [6, 6.07) is 25.0. The molecule has 0 aromatic heterocycles. The number of hydrogen-bond acceptors (Lipinski definition) is 1. The lowest BCUT2D eigenvalue weighted by molar-refractivity contribution is 0.104. The van der Waals surface area contributed by atoms with Crippen LogP contribution in [0.25, 0.3) is 43.1 Å². The molecule has 0 unspecified atom stereocenters. The molecule has 0 N–H and O–H groups in total. The van der Waals surface area contributed by atoms with Gasteiger partial charge in [-0.2, -0.15) is 0 Å². The fourth-order valence-electron chi connectivity index (χ4n) is 4.31. The summed E-state index contributed by atoms with van der Waals surface area (Å²) in [4.78, 5) is 13.4. The molecule has 0 aliphatic heterocycles. The van der Waals surface area contributed by atoms with Crippen molar-refractivity contribution in [2.24, 2.45) is 0 Å². The summed E-state index contributed by atoms with van der Waals surface area (Å²) >= 11 is 0. The lowest BCUT2D eigenvalue weighted by Crippen LogP contribution is -2.08. The van der Waals surface area contributed by atoms with E-state index in [4.69, 9.17) is 0 Å². The van der Waals surface area contributed by atoms with Gasteiger partial charge in [-0.05, 0) is 38.4 Å². The van der Waals surface area contributed by atoms with Gasteiger partial charge in [0.2, 0.25) is 0 Å². The minimum absolute atomic E-state index is 0.147. The van der Waals surface area contributed by atoms with Crippen molar-refractivity contribution in [3.8, 4) is 0 Å². The molecule has 1 nitrogen and oxygen atoms in total. The number of benzene rings is 5. The lowest BCUT2D eigenvalue weighted by Gasteiger charge is -2.20. The minimum Gasteiger partial charge on any atom is -0.289 e. The van der Waals surface area contributed by atoms with Gasteiger partial charge in [-0.25, -0.2) is 0 Å². The predicted octanol–water partition coefficient (Wildman–Crippen LogP) is 5.84. The van der Waals surface area contributed by atoms with E-state index in [0.717, 1.165) is 43.4 Å². The molecule has 0 spiro atoms. The Hall–Kier alpha value is -3.19. The molecular formula is C23H12O. The van der Waals surface area contributed by atoms with Crippen molar-refractivity contribution in [2.75, 3.05) is 0 Å². The molecule has 0 bridgehead atoms. The van der Waals surface area contributed by atoms with E-state index >= 15 is 0 Å². The number of rotatable bonds is 0. The van der Waals surface area contributed by atoms with Crippen molar-refractivity contribution in [1.29, 1.82) is 0 Å². The first-order chi connectivity index (χ1) is 11.8. The van der Waals surface area contributed by atoms with E-state index in [-0.39, 0.29) is 5.78 Å². The average Bonchev–Trinajstić information content (AvgIpc) is 2.64. The van der Waals surface area contributed by atoms with Gasteiger partial charge >= 0.3 is 0 Å². The second-order valence-corrected chi connectivity index (χ2v) is 6.53. The van der Waals surface area contributed by atoms with Gasteiger partial charge in [0.1, 0.15) is 0 Å². The van der Waals surface area contributed by atoms with Gasteiger partial charge in [0.25, 0.3) is 0 Å². The van der Waals surface area contributed by atoms with Crippen molar-refractivity contribution in [1.82, 2.24) is 0 Å². The molecular weight excluding hydrogens is 292 g/mol. The smallest absolute Gasteiger partial charge is 0.194 e. The van der Waals surface area contributed by atoms with Gasteiger partial charge in [0.15, 0.2) is 5.78 Å². The molecule has 0 saturated heterocycles. The Kier molecular flexibility index (Phi) is 2.05. The molecule has 0 radical (unpaired) electrons. The summed E-state index contributed by atoms with van der Waals surface area (Å²) in [7, 11) is 0. The zero-order valence-corrected chi connectivity index (χ0v) is 12.8. The van der Waals surface area contributed by atoms with Crippen LogP contribution in [0.4, 0.5) is 0 Å². The highest BCUT2D eigenvalue weighted by molar-refractivity contribution is 6.39. The van der Waals surface area contributed by atoms with Crippen LogP contribution in [0, 0.1) is 0 Å². The molecule has 6 rings (SSSR count). The molecule has 24 heavy (non-hydrogen) atoms. The number of carbonyl (C=O) groups is 1. The van der Waals surface area contributed by atoms with E-state index < -0.39 is 0 Å². The number of hydrogen-bond donors (Lipinski definition) is 0. The van der Waals surface area contributed by atoms with Crippen molar-refractivity contribution < 1.29 is 4.79 Å². The molecule has 0 atom stereocenters. The van der Waals surface area contributed by atoms with Crippen molar-refractivity contribution in [3.05, 3.63) is 83.9 Å². The summed E-state index contributed by atoms with van der Waals surface area (Å²) in [5.41, 5.74) is 1.69. The molecule has 0 amide bonds. The van der Waals surface area contributed by atoms with Crippen LogP contribution in [-0.2, 0) is 0 Å². The van der Waals surface area contributed by atoms with Crippen LogP contribution in [0.3, 0.4) is 0 Å². The largest absolute Gasteiger partial charge is 0.289 e. The van der Waals surface area contributed by atoms with E-state index in [1.54, 1.807) is 0 Å². The summed E-state index contributed by atoms with van der Waals surface area (Å²) in [5.74, 6) is 0.147. The van der Waals surface area contributed by atoms with Crippen LogP contribution in [0.15, 0.2) is 72.8 Å². The van der Waals surface area contributed by atoms with E-state index in [9.17, 15) is 4.79 Å². The minimum atomic E-state index is 0.147. The van der Waals surface area contributed by atoms with Crippen molar-refractivity contribution >= 4 is 48.9 Å². The highest BCUT2D eigenvalue weighted by Gasteiger charge is 2.25. The van der Waals surface area contributed by atoms with Crippen molar-refractivity contribution in [3.63, 3.8) is 0 Å². The van der Waals surface area contributed by atoms with E-state index in [2.05, 4.69) is 48.5 Å². The van der Waals surface area contributed by atoms with E-state index in [1.807, 2.05) is 24.3 Å². The van der Waals surface area contributed by atoms with Gasteiger partial charge in [0.05, 0.1) is 0 Å². The molecule has 1 aliphatic rings. The van der Waals surface area contributed by atoms with Crippen LogP contribution >= 0.6 is 0 Å². The molecule has 5 aromatic rings. The van der Waals surface area contributed by atoms with Crippen LogP contribution in [0.5, 0.6) is 0 Å². The highest BCUT2D eigenvalue weighted by Crippen LogP contribution is 2.43. The highest BCUT2D eigenvalue weighted by atomic mass is 16.1. The third-order valence-corrected chi connectivity index (χ3v) is 5.32. The lowest BCUT2D eigenvalue weighted by atomic mass is 9.81. The fourth-order valence-corrected chi connectivity index (χ4v) is 4.31. The Morgan fingerprint density at radius 3 is 2.12 bits per heavy atom. The topological polar surface area (TPSA) is 17.1 Å². The molecule has 0 heterocycles. The van der Waals surface area contributed by atoms with Crippen LogP contribution in [0.2, 0.25) is 0 Å². The van der Waals surface area contributed by atoms with Gasteiger partial charge < -0.3 is 0 Å². The van der Waals surface area contributed by atoms with E-state index in [0.29, 0.717) is 0 Å². The number of ketones is 1. The summed E-state index contributed by atoms with van der Waals surface area (Å²) in [6.07, 6.45) is 0. The summed E-state index contributed by atoms with van der Waals surface area (Å²) < 4.78 is 0. The molecule has 0 saturated carbocycles. The maximum atomic E-state index is 13.4. The molecule has 110 valence electrons. The second-order valence-electron chi connectivity index (χ2n) is 6.53. The standard InChI is InChI=1S/C23H12O/c24-23-18-7-3-5-13-8-9-14-10-11-16-12-15-4-1-2-6-17(15)22(23)21(16)20(14)19(13)18/h1-12H. The summed E-state index contributed by atoms with van der Waals surface area (Å²) in [5, 5.41) is 9.10. The fraction of sp³-hybridized carbons (Fsp3) is 0. The van der Waals surface area contributed by atoms with E-state index in [1.165, 1.54) is 10.8 Å². The Bertz CT molecular complexity index is 1360. The zero-order valence-electron chi connectivity index (χ0n) is 12.8. The normalized spacial score (nSPS) is 13.1.